The summed E-state index contributed by atoms with van der Waals surface area (Å²) in [6, 6.07) is 3.80. The van der Waals surface area contributed by atoms with Crippen molar-refractivity contribution in [3.63, 3.8) is 0 Å². The molecule has 1 atom stereocenters. The summed E-state index contributed by atoms with van der Waals surface area (Å²) in [6.07, 6.45) is 10.3. The molecule has 196 valence electrons. The highest BCUT2D eigenvalue weighted by Crippen LogP contribution is 2.37. The Morgan fingerprint density at radius 3 is 2.61 bits per heavy atom. The van der Waals surface area contributed by atoms with Gasteiger partial charge in [0.25, 0.3) is 0 Å². The zero-order chi connectivity index (χ0) is 25.5. The van der Waals surface area contributed by atoms with Gasteiger partial charge < -0.3 is 25.2 Å². The number of aromatic nitrogens is 1. The number of amides is 1. The Bertz CT molecular complexity index is 954. The van der Waals surface area contributed by atoms with E-state index in [1.54, 1.807) is 11.1 Å². The van der Waals surface area contributed by atoms with E-state index < -0.39 is 11.9 Å². The Kier molecular flexibility index (Phi) is 8.90. The van der Waals surface area contributed by atoms with Gasteiger partial charge in [-0.25, -0.2) is 4.99 Å². The van der Waals surface area contributed by atoms with Crippen molar-refractivity contribution in [2.75, 3.05) is 31.4 Å². The van der Waals surface area contributed by atoms with Gasteiger partial charge in [-0.15, -0.1) is 0 Å². The number of rotatable bonds is 11. The fourth-order valence-electron chi connectivity index (χ4n) is 5.12. The minimum absolute atomic E-state index is 0.0715. The number of anilines is 1. The Morgan fingerprint density at radius 2 is 1.97 bits per heavy atom. The van der Waals surface area contributed by atoms with Crippen molar-refractivity contribution in [3.05, 3.63) is 24.0 Å². The van der Waals surface area contributed by atoms with Crippen molar-refractivity contribution in [3.8, 4) is 0 Å². The third kappa shape index (κ3) is 7.02. The molecule has 0 spiro atoms. The summed E-state index contributed by atoms with van der Waals surface area (Å²) in [5, 5.41) is 17.0. The molecule has 2 heterocycles. The van der Waals surface area contributed by atoms with Gasteiger partial charge in [0.2, 0.25) is 11.8 Å². The van der Waals surface area contributed by atoms with Crippen LogP contribution in [0, 0.1) is 23.2 Å². The average Bonchev–Trinajstić information content (AvgIpc) is 3.69. The number of ether oxygens (including phenoxy) is 2. The lowest BCUT2D eigenvalue weighted by atomic mass is 9.79. The van der Waals surface area contributed by atoms with E-state index >= 15 is 0 Å². The summed E-state index contributed by atoms with van der Waals surface area (Å²) in [6.45, 7) is 1.20. The smallest absolute Gasteiger partial charge is 0.303 e. The lowest BCUT2D eigenvalue weighted by Crippen LogP contribution is -2.44. The van der Waals surface area contributed by atoms with Crippen molar-refractivity contribution in [1.82, 2.24) is 4.98 Å². The Morgan fingerprint density at radius 1 is 1.22 bits per heavy atom. The fraction of sp³-hybridized carbons (Fsp3) is 0.654. The van der Waals surface area contributed by atoms with Crippen molar-refractivity contribution in [1.29, 1.82) is 5.41 Å². The number of pyridine rings is 1. The lowest BCUT2D eigenvalue weighted by molar-refractivity contribution is -0.138. The van der Waals surface area contributed by atoms with Crippen LogP contribution in [0.5, 0.6) is 0 Å². The third-order valence-corrected chi connectivity index (χ3v) is 7.36. The summed E-state index contributed by atoms with van der Waals surface area (Å²) in [5.41, 5.74) is 7.37. The van der Waals surface area contributed by atoms with Crippen molar-refractivity contribution >= 4 is 29.3 Å². The van der Waals surface area contributed by atoms with Gasteiger partial charge in [-0.05, 0) is 62.5 Å². The van der Waals surface area contributed by atoms with E-state index in [0.717, 1.165) is 43.7 Å². The van der Waals surface area contributed by atoms with Gasteiger partial charge in [0.15, 0.2) is 5.92 Å². The largest absolute Gasteiger partial charge is 0.481 e. The molecule has 0 bridgehead atoms. The normalized spacial score (nSPS) is 25.9. The molecule has 4 rings (SSSR count). The Balaban J connectivity index is 1.35. The van der Waals surface area contributed by atoms with Crippen molar-refractivity contribution in [2.24, 2.45) is 28.5 Å². The van der Waals surface area contributed by atoms with E-state index in [1.807, 2.05) is 12.1 Å². The molecule has 36 heavy (non-hydrogen) atoms. The molecule has 2 saturated carbocycles. The number of hydrogen-bond acceptors (Lipinski definition) is 7. The molecule has 0 radical (unpaired) electrons. The Labute approximate surface area is 211 Å². The van der Waals surface area contributed by atoms with Gasteiger partial charge in [0.05, 0.1) is 18.4 Å². The number of amidine groups is 1. The number of hydrogen-bond donors (Lipinski definition) is 3. The van der Waals surface area contributed by atoms with E-state index in [4.69, 9.17) is 25.7 Å². The monoisotopic (exact) mass is 499 g/mol. The van der Waals surface area contributed by atoms with Gasteiger partial charge in [-0.2, -0.15) is 0 Å². The molecule has 3 aliphatic rings. The minimum Gasteiger partial charge on any atom is -0.481 e. The first kappa shape index (κ1) is 26.1. The summed E-state index contributed by atoms with van der Waals surface area (Å²) >= 11 is 0. The number of nitrogens with two attached hydrogens (primary N) is 1. The highest BCUT2D eigenvalue weighted by Gasteiger charge is 2.36. The fourth-order valence-corrected chi connectivity index (χ4v) is 5.12. The van der Waals surface area contributed by atoms with Crippen LogP contribution in [0.4, 0.5) is 5.69 Å². The molecule has 1 aromatic rings. The number of carbonyl (C=O) groups is 2. The van der Waals surface area contributed by atoms with Gasteiger partial charge in [0, 0.05) is 24.6 Å². The van der Waals surface area contributed by atoms with Crippen molar-refractivity contribution < 1.29 is 24.2 Å². The average molecular weight is 500 g/mol. The van der Waals surface area contributed by atoms with Gasteiger partial charge in [0.1, 0.15) is 19.2 Å². The molecule has 1 saturated heterocycles. The maximum Gasteiger partial charge on any atom is 0.303 e. The van der Waals surface area contributed by atoms with Gasteiger partial charge in [-0.3, -0.25) is 20.0 Å². The van der Waals surface area contributed by atoms with E-state index in [0.29, 0.717) is 24.8 Å². The van der Waals surface area contributed by atoms with E-state index in [2.05, 4.69) is 9.98 Å². The maximum absolute atomic E-state index is 13.4. The molecule has 1 aliphatic heterocycles. The second-order valence-corrected chi connectivity index (χ2v) is 10.1. The first-order valence-corrected chi connectivity index (χ1v) is 13.0. The SMILES string of the molecule is N=C(N)C1C(=O)N(c2ccc(C3CCC(CC(=O)O)CC3)nc2)CCOC1=NCOCCCC1CC1. The minimum atomic E-state index is -1.09. The number of aliphatic imine (C=N–C) groups is 1. The zero-order valence-corrected chi connectivity index (χ0v) is 20.7. The number of aliphatic carboxylic acids is 1. The van der Waals surface area contributed by atoms with E-state index in [-0.39, 0.29) is 43.3 Å². The topological polar surface area (TPSA) is 151 Å². The third-order valence-electron chi connectivity index (χ3n) is 7.36. The maximum atomic E-state index is 13.4. The first-order chi connectivity index (χ1) is 17.4. The Hall–Kier alpha value is -3.01. The highest BCUT2D eigenvalue weighted by atomic mass is 16.5. The number of carboxylic acids is 1. The molecule has 2 aliphatic carbocycles. The number of nitrogens with zero attached hydrogens (tertiary/aromatic N) is 3. The van der Waals surface area contributed by atoms with Gasteiger partial charge >= 0.3 is 5.97 Å². The van der Waals surface area contributed by atoms with Crippen LogP contribution in [-0.4, -0.2) is 60.2 Å². The molecule has 4 N–H and O–H groups in total. The van der Waals surface area contributed by atoms with Crippen LogP contribution < -0.4 is 10.6 Å². The molecule has 1 amide bonds. The molecule has 1 aromatic heterocycles. The molecule has 3 fully saturated rings. The summed E-state index contributed by atoms with van der Waals surface area (Å²) in [4.78, 5) is 34.8. The molecule has 0 aromatic carbocycles. The highest BCUT2D eigenvalue weighted by molar-refractivity contribution is 6.22. The molecular formula is C26H37N5O5. The van der Waals surface area contributed by atoms with Crippen LogP contribution >= 0.6 is 0 Å². The molecule has 10 nitrogen and oxygen atoms in total. The zero-order valence-electron chi connectivity index (χ0n) is 20.7. The van der Waals surface area contributed by atoms with Crippen LogP contribution in [0.15, 0.2) is 23.3 Å². The summed E-state index contributed by atoms with van der Waals surface area (Å²) in [7, 11) is 0. The first-order valence-electron chi connectivity index (χ1n) is 13.0. The number of carbonyl (C=O) groups excluding carboxylic acids is 1. The van der Waals surface area contributed by atoms with Crippen LogP contribution in [-0.2, 0) is 19.1 Å². The number of carboxylic acid groups (broad SMARTS) is 1. The quantitative estimate of drug-likeness (QED) is 0.240. The van der Waals surface area contributed by atoms with Crippen LogP contribution in [0.3, 0.4) is 0 Å². The predicted octanol–water partition coefficient (Wildman–Crippen LogP) is 3.31. The lowest BCUT2D eigenvalue weighted by Gasteiger charge is -2.28. The molecular weight excluding hydrogens is 462 g/mol. The second kappa shape index (κ2) is 12.3. The van der Waals surface area contributed by atoms with Crippen LogP contribution in [0.2, 0.25) is 0 Å². The summed E-state index contributed by atoms with van der Waals surface area (Å²) < 4.78 is 11.3. The van der Waals surface area contributed by atoms with E-state index in [9.17, 15) is 9.59 Å². The molecule has 10 heteroatoms. The summed E-state index contributed by atoms with van der Waals surface area (Å²) in [5.74, 6) is -0.996. The van der Waals surface area contributed by atoms with Gasteiger partial charge in [-0.1, -0.05) is 12.8 Å². The number of nitrogens with one attached hydrogen (secondary N) is 1. The standard InChI is InChI=1S/C26H37N5O5/c27-24(28)23-25(30-16-35-12-1-2-17-3-4-17)36-13-11-31(26(23)34)20-9-10-21(29-15-20)19-7-5-18(6-8-19)14-22(32)33/h9-10,15,17-19,23H,1-8,11-14,16H2,(H3,27,28)(H,32,33). The van der Waals surface area contributed by atoms with Crippen LogP contribution in [0.25, 0.3) is 0 Å². The van der Waals surface area contributed by atoms with Crippen molar-refractivity contribution in [2.45, 2.75) is 63.7 Å². The van der Waals surface area contributed by atoms with E-state index in [1.165, 1.54) is 19.3 Å². The predicted molar refractivity (Wildman–Crippen MR) is 135 cm³/mol. The molecule has 1 unspecified atom stereocenters. The second-order valence-electron chi connectivity index (χ2n) is 10.1. The van der Waals surface area contributed by atoms with Crippen LogP contribution in [0.1, 0.15) is 69.4 Å².